The van der Waals surface area contributed by atoms with E-state index >= 15 is 0 Å². The Morgan fingerprint density at radius 1 is 1.24 bits per heavy atom. The van der Waals surface area contributed by atoms with Crippen LogP contribution in [0.1, 0.15) is 57.6 Å². The molecule has 1 aliphatic rings. The van der Waals surface area contributed by atoms with Gasteiger partial charge in [0.05, 0.1) is 12.7 Å². The minimum absolute atomic E-state index is 0.405. The Bertz CT molecular complexity index is 404. The van der Waals surface area contributed by atoms with E-state index in [-0.39, 0.29) is 0 Å². The Kier molecular flexibility index (Phi) is 6.52. The molecule has 0 aliphatic carbocycles. The number of likely N-dealkylation sites (tertiary alicyclic amines) is 1. The summed E-state index contributed by atoms with van der Waals surface area (Å²) in [7, 11) is 0. The molecule has 1 aromatic carbocycles. The van der Waals surface area contributed by atoms with Crippen LogP contribution in [0, 0.1) is 0 Å². The van der Waals surface area contributed by atoms with Crippen molar-refractivity contribution in [2.24, 2.45) is 0 Å². The van der Waals surface area contributed by atoms with E-state index in [2.05, 4.69) is 18.7 Å². The fourth-order valence-corrected chi connectivity index (χ4v) is 3.10. The highest BCUT2D eigenvalue weighted by atomic mass is 16.5. The third kappa shape index (κ3) is 4.72. The lowest BCUT2D eigenvalue weighted by molar-refractivity contribution is 0.0656. The van der Waals surface area contributed by atoms with Crippen LogP contribution in [0.5, 0.6) is 5.75 Å². The van der Waals surface area contributed by atoms with Crippen LogP contribution in [0.2, 0.25) is 0 Å². The van der Waals surface area contributed by atoms with Gasteiger partial charge < -0.3 is 9.84 Å². The van der Waals surface area contributed by atoms with E-state index in [9.17, 15) is 5.11 Å². The molecule has 3 heteroatoms. The van der Waals surface area contributed by atoms with E-state index in [0.29, 0.717) is 6.04 Å². The number of aliphatic hydroxyl groups excluding tert-OH is 1. The number of aliphatic hydroxyl groups is 1. The topological polar surface area (TPSA) is 32.7 Å². The maximum atomic E-state index is 10.5. The van der Waals surface area contributed by atoms with E-state index in [4.69, 9.17) is 4.74 Å². The van der Waals surface area contributed by atoms with Crippen LogP contribution < -0.4 is 4.74 Å². The molecule has 2 unspecified atom stereocenters. The van der Waals surface area contributed by atoms with Crippen molar-refractivity contribution in [3.05, 3.63) is 29.8 Å². The third-order valence-corrected chi connectivity index (χ3v) is 4.37. The summed E-state index contributed by atoms with van der Waals surface area (Å²) in [5.41, 5.74) is 0.985. The molecule has 1 aromatic rings. The number of ether oxygens (including phenoxy) is 1. The number of β-amino-alcohol motifs (C(OH)–C–C–N with tert-alkyl or cyclic N) is 1. The summed E-state index contributed by atoms with van der Waals surface area (Å²) < 4.78 is 5.58. The number of hydrogen-bond donors (Lipinski definition) is 1. The van der Waals surface area contributed by atoms with Gasteiger partial charge >= 0.3 is 0 Å². The number of benzene rings is 1. The summed E-state index contributed by atoms with van der Waals surface area (Å²) in [6.07, 6.45) is 5.64. The highest BCUT2D eigenvalue weighted by Crippen LogP contribution is 2.24. The molecular formula is C18H29NO2. The molecule has 1 N–H and O–H groups in total. The van der Waals surface area contributed by atoms with Crippen molar-refractivity contribution in [1.29, 1.82) is 0 Å². The Morgan fingerprint density at radius 3 is 2.67 bits per heavy atom. The van der Waals surface area contributed by atoms with Gasteiger partial charge in [0.25, 0.3) is 0 Å². The molecule has 0 saturated carbocycles. The van der Waals surface area contributed by atoms with Gasteiger partial charge in [-0.3, -0.25) is 4.90 Å². The van der Waals surface area contributed by atoms with Crippen LogP contribution in [0.25, 0.3) is 0 Å². The van der Waals surface area contributed by atoms with Gasteiger partial charge in [-0.25, -0.2) is 0 Å². The molecule has 1 heterocycles. The zero-order valence-corrected chi connectivity index (χ0v) is 13.4. The molecular weight excluding hydrogens is 262 g/mol. The molecule has 2 atom stereocenters. The molecule has 21 heavy (non-hydrogen) atoms. The first kappa shape index (κ1) is 16.3. The molecule has 1 saturated heterocycles. The highest BCUT2D eigenvalue weighted by molar-refractivity contribution is 5.28. The zero-order chi connectivity index (χ0) is 15.1. The monoisotopic (exact) mass is 291 g/mol. The van der Waals surface area contributed by atoms with E-state index < -0.39 is 6.10 Å². The number of piperidine rings is 1. The Balaban J connectivity index is 1.91. The molecule has 2 rings (SSSR count). The lowest BCUT2D eigenvalue weighted by Crippen LogP contribution is -2.41. The Hall–Kier alpha value is -1.06. The fraction of sp³-hybridized carbons (Fsp3) is 0.667. The lowest BCUT2D eigenvalue weighted by Gasteiger charge is -2.36. The quantitative estimate of drug-likeness (QED) is 0.830. The van der Waals surface area contributed by atoms with Crippen LogP contribution in [0.3, 0.4) is 0 Å². The fourth-order valence-electron chi connectivity index (χ4n) is 3.10. The smallest absolute Gasteiger partial charge is 0.119 e. The van der Waals surface area contributed by atoms with Crippen LogP contribution in [0.4, 0.5) is 0 Å². The second-order valence-corrected chi connectivity index (χ2v) is 5.99. The minimum atomic E-state index is -0.405. The van der Waals surface area contributed by atoms with Gasteiger partial charge in [-0.1, -0.05) is 32.4 Å². The molecule has 1 aliphatic heterocycles. The van der Waals surface area contributed by atoms with Gasteiger partial charge in [-0.2, -0.15) is 0 Å². The molecule has 1 fully saturated rings. The van der Waals surface area contributed by atoms with Crippen molar-refractivity contribution < 1.29 is 9.84 Å². The molecule has 0 bridgehead atoms. The first-order valence-corrected chi connectivity index (χ1v) is 8.39. The predicted octanol–water partition coefficient (Wildman–Crippen LogP) is 3.77. The molecule has 0 spiro atoms. The van der Waals surface area contributed by atoms with E-state index in [1.807, 2.05) is 24.3 Å². The second kappa shape index (κ2) is 8.40. The van der Waals surface area contributed by atoms with Crippen LogP contribution in [-0.2, 0) is 0 Å². The molecule has 3 nitrogen and oxygen atoms in total. The van der Waals surface area contributed by atoms with Gasteiger partial charge in [0.1, 0.15) is 5.75 Å². The second-order valence-electron chi connectivity index (χ2n) is 5.99. The van der Waals surface area contributed by atoms with Crippen LogP contribution >= 0.6 is 0 Å². The summed E-state index contributed by atoms with van der Waals surface area (Å²) >= 11 is 0. The van der Waals surface area contributed by atoms with Gasteiger partial charge in [-0.05, 0) is 49.9 Å². The van der Waals surface area contributed by atoms with Gasteiger partial charge in [0.2, 0.25) is 0 Å². The van der Waals surface area contributed by atoms with Crippen molar-refractivity contribution in [3.8, 4) is 5.75 Å². The number of hydrogen-bond acceptors (Lipinski definition) is 3. The van der Waals surface area contributed by atoms with Crippen molar-refractivity contribution in [1.82, 2.24) is 4.90 Å². The summed E-state index contributed by atoms with van der Waals surface area (Å²) in [4.78, 5) is 2.45. The third-order valence-electron chi connectivity index (χ3n) is 4.37. The zero-order valence-electron chi connectivity index (χ0n) is 13.4. The van der Waals surface area contributed by atoms with Crippen molar-refractivity contribution in [2.45, 2.75) is 58.1 Å². The van der Waals surface area contributed by atoms with Crippen LogP contribution in [0.15, 0.2) is 24.3 Å². The first-order chi connectivity index (χ1) is 10.2. The maximum Gasteiger partial charge on any atom is 0.119 e. The lowest BCUT2D eigenvalue weighted by atomic mass is 9.98. The largest absolute Gasteiger partial charge is 0.494 e. The van der Waals surface area contributed by atoms with E-state index in [1.165, 1.54) is 25.7 Å². The van der Waals surface area contributed by atoms with Crippen molar-refractivity contribution in [2.75, 3.05) is 19.7 Å². The Labute approximate surface area is 128 Å². The molecule has 0 amide bonds. The SMILES string of the molecule is CCCOc1ccc(C(O)CN2CCCCC2CC)cc1. The summed E-state index contributed by atoms with van der Waals surface area (Å²) in [6, 6.07) is 8.53. The predicted molar refractivity (Wildman–Crippen MR) is 86.7 cm³/mol. The van der Waals surface area contributed by atoms with E-state index in [1.54, 1.807) is 0 Å². The number of rotatable bonds is 7. The summed E-state index contributed by atoms with van der Waals surface area (Å²) in [5, 5.41) is 10.5. The molecule has 118 valence electrons. The van der Waals surface area contributed by atoms with Crippen molar-refractivity contribution >= 4 is 0 Å². The highest BCUT2D eigenvalue weighted by Gasteiger charge is 2.23. The van der Waals surface area contributed by atoms with E-state index in [0.717, 1.165) is 37.4 Å². The van der Waals surface area contributed by atoms with Gasteiger partial charge in [0.15, 0.2) is 0 Å². The average molecular weight is 291 g/mol. The standard InChI is InChI=1S/C18H29NO2/c1-3-13-21-17-10-8-15(9-11-17)18(20)14-19-12-6-5-7-16(19)4-2/h8-11,16,18,20H,3-7,12-14H2,1-2H3. The Morgan fingerprint density at radius 2 is 2.00 bits per heavy atom. The normalized spacial score (nSPS) is 21.2. The molecule has 0 radical (unpaired) electrons. The molecule has 0 aromatic heterocycles. The average Bonchev–Trinajstić information content (AvgIpc) is 2.54. The minimum Gasteiger partial charge on any atom is -0.494 e. The number of nitrogens with zero attached hydrogens (tertiary/aromatic N) is 1. The first-order valence-electron chi connectivity index (χ1n) is 8.39. The van der Waals surface area contributed by atoms with Crippen molar-refractivity contribution in [3.63, 3.8) is 0 Å². The van der Waals surface area contributed by atoms with Gasteiger partial charge in [-0.15, -0.1) is 0 Å². The maximum absolute atomic E-state index is 10.5. The summed E-state index contributed by atoms with van der Waals surface area (Å²) in [5.74, 6) is 0.886. The summed E-state index contributed by atoms with van der Waals surface area (Å²) in [6.45, 7) is 6.95. The van der Waals surface area contributed by atoms with Crippen LogP contribution in [-0.4, -0.2) is 35.7 Å². The van der Waals surface area contributed by atoms with Gasteiger partial charge in [0, 0.05) is 12.6 Å².